The summed E-state index contributed by atoms with van der Waals surface area (Å²) in [5.74, 6) is 0.625. The molecular weight excluding hydrogens is 190 g/mol. The second-order valence-electron chi connectivity index (χ2n) is 3.07. The first-order chi connectivity index (χ1) is 7.20. The van der Waals surface area contributed by atoms with Crippen LogP contribution in [-0.2, 0) is 4.79 Å². The first kappa shape index (κ1) is 11.3. The van der Waals surface area contributed by atoms with E-state index in [1.54, 1.807) is 25.1 Å². The summed E-state index contributed by atoms with van der Waals surface area (Å²) in [6.45, 7) is 1.81. The van der Waals surface area contributed by atoms with Gasteiger partial charge in [0.15, 0.2) is 0 Å². The van der Waals surface area contributed by atoms with E-state index in [-0.39, 0.29) is 5.91 Å². The van der Waals surface area contributed by atoms with Crippen LogP contribution in [0.5, 0.6) is 5.75 Å². The largest absolute Gasteiger partial charge is 0.495 e. The third-order valence-corrected chi connectivity index (χ3v) is 2.09. The summed E-state index contributed by atoms with van der Waals surface area (Å²) in [6.07, 6.45) is 3.24. The average molecular weight is 205 g/mol. The van der Waals surface area contributed by atoms with Gasteiger partial charge in [-0.15, -0.1) is 0 Å². The highest BCUT2D eigenvalue weighted by molar-refractivity contribution is 6.01. The second kappa shape index (κ2) is 5.20. The molecule has 0 unspecified atom stereocenters. The van der Waals surface area contributed by atoms with E-state index in [1.165, 1.54) is 6.08 Å². The molecule has 15 heavy (non-hydrogen) atoms. The lowest BCUT2D eigenvalue weighted by Crippen LogP contribution is -2.24. The topological polar surface area (TPSA) is 29.5 Å². The number of likely N-dealkylation sites (N-methyl/N-ethyl adjacent to an activating group) is 1. The second-order valence-corrected chi connectivity index (χ2v) is 3.07. The highest BCUT2D eigenvalue weighted by atomic mass is 16.5. The maximum Gasteiger partial charge on any atom is 0.250 e. The summed E-state index contributed by atoms with van der Waals surface area (Å²) in [7, 11) is 3.31. The molecule has 3 nitrogen and oxygen atoms in total. The minimum absolute atomic E-state index is 0.0676. The van der Waals surface area contributed by atoms with Crippen LogP contribution in [0.25, 0.3) is 0 Å². The fraction of sp³-hybridized carbons (Fsp3) is 0.250. The highest BCUT2D eigenvalue weighted by Gasteiger charge is 2.11. The van der Waals surface area contributed by atoms with Crippen molar-refractivity contribution in [3.05, 3.63) is 36.4 Å². The van der Waals surface area contributed by atoms with Crippen molar-refractivity contribution in [2.45, 2.75) is 6.92 Å². The number of para-hydroxylation sites is 2. The normalized spacial score (nSPS) is 10.3. The summed E-state index contributed by atoms with van der Waals surface area (Å²) >= 11 is 0. The van der Waals surface area contributed by atoms with Crippen LogP contribution in [0.1, 0.15) is 6.92 Å². The molecule has 0 radical (unpaired) electrons. The van der Waals surface area contributed by atoms with E-state index in [1.807, 2.05) is 31.2 Å². The van der Waals surface area contributed by atoms with E-state index in [0.717, 1.165) is 5.69 Å². The summed E-state index contributed by atoms with van der Waals surface area (Å²) in [6, 6.07) is 7.42. The van der Waals surface area contributed by atoms with Crippen molar-refractivity contribution in [3.63, 3.8) is 0 Å². The average Bonchev–Trinajstić information content (AvgIpc) is 2.28. The Bertz CT molecular complexity index is 372. The molecule has 0 aliphatic rings. The van der Waals surface area contributed by atoms with E-state index >= 15 is 0 Å². The van der Waals surface area contributed by atoms with Crippen molar-refractivity contribution in [3.8, 4) is 5.75 Å². The minimum Gasteiger partial charge on any atom is -0.495 e. The van der Waals surface area contributed by atoms with Crippen LogP contribution in [0.3, 0.4) is 0 Å². The quantitative estimate of drug-likeness (QED) is 0.708. The molecule has 3 heteroatoms. The molecular formula is C12H15NO2. The standard InChI is InChI=1S/C12H15NO2/c1-4-7-12(14)13(2)10-8-5-6-9-11(10)15-3/h4-9H,1-3H3. The van der Waals surface area contributed by atoms with Gasteiger partial charge >= 0.3 is 0 Å². The Kier molecular flexibility index (Phi) is 3.92. The summed E-state index contributed by atoms with van der Waals surface area (Å²) in [5, 5.41) is 0. The molecule has 0 spiro atoms. The van der Waals surface area contributed by atoms with Crippen molar-refractivity contribution in [2.24, 2.45) is 0 Å². The SMILES string of the molecule is CC=CC(=O)N(C)c1ccccc1OC. The Morgan fingerprint density at radius 2 is 2.07 bits per heavy atom. The van der Waals surface area contributed by atoms with Crippen LogP contribution < -0.4 is 9.64 Å². The summed E-state index contributed by atoms with van der Waals surface area (Å²) < 4.78 is 5.18. The number of anilines is 1. The highest BCUT2D eigenvalue weighted by Crippen LogP contribution is 2.26. The number of carbonyl (C=O) groups is 1. The molecule has 1 aromatic carbocycles. The van der Waals surface area contributed by atoms with E-state index in [0.29, 0.717) is 5.75 Å². The van der Waals surface area contributed by atoms with Crippen LogP contribution in [0.15, 0.2) is 36.4 Å². The number of amides is 1. The Labute approximate surface area is 90.0 Å². The molecule has 0 heterocycles. The van der Waals surface area contributed by atoms with Gasteiger partial charge in [-0.1, -0.05) is 18.2 Å². The van der Waals surface area contributed by atoms with Gasteiger partial charge in [0.1, 0.15) is 5.75 Å². The number of carbonyl (C=O) groups excluding carboxylic acids is 1. The Morgan fingerprint density at radius 1 is 1.40 bits per heavy atom. The van der Waals surface area contributed by atoms with Crippen LogP contribution in [-0.4, -0.2) is 20.1 Å². The van der Waals surface area contributed by atoms with E-state index in [4.69, 9.17) is 4.74 Å². The van der Waals surface area contributed by atoms with E-state index in [9.17, 15) is 4.79 Å². The molecule has 0 saturated heterocycles. The van der Waals surface area contributed by atoms with Crippen molar-refractivity contribution in [1.82, 2.24) is 0 Å². The van der Waals surface area contributed by atoms with Gasteiger partial charge in [-0.3, -0.25) is 4.79 Å². The molecule has 0 aliphatic carbocycles. The number of hydrogen-bond donors (Lipinski definition) is 0. The zero-order chi connectivity index (χ0) is 11.3. The molecule has 1 aromatic rings. The lowest BCUT2D eigenvalue weighted by molar-refractivity contribution is -0.113. The summed E-state index contributed by atoms with van der Waals surface area (Å²) in [4.78, 5) is 13.1. The van der Waals surface area contributed by atoms with Gasteiger partial charge < -0.3 is 9.64 Å². The first-order valence-corrected chi connectivity index (χ1v) is 4.74. The van der Waals surface area contributed by atoms with E-state index < -0.39 is 0 Å². The Hall–Kier alpha value is -1.77. The van der Waals surface area contributed by atoms with Crippen LogP contribution in [0.4, 0.5) is 5.69 Å². The van der Waals surface area contributed by atoms with Gasteiger partial charge in [-0.2, -0.15) is 0 Å². The maximum atomic E-state index is 11.6. The molecule has 1 rings (SSSR count). The van der Waals surface area contributed by atoms with Crippen molar-refractivity contribution < 1.29 is 9.53 Å². The number of ether oxygens (including phenoxy) is 1. The smallest absolute Gasteiger partial charge is 0.250 e. The number of rotatable bonds is 3. The van der Waals surface area contributed by atoms with Crippen LogP contribution >= 0.6 is 0 Å². The Morgan fingerprint density at radius 3 is 2.67 bits per heavy atom. The predicted molar refractivity (Wildman–Crippen MR) is 61.2 cm³/mol. The van der Waals surface area contributed by atoms with Gasteiger partial charge in [-0.25, -0.2) is 0 Å². The van der Waals surface area contributed by atoms with Crippen molar-refractivity contribution >= 4 is 11.6 Å². The minimum atomic E-state index is -0.0676. The van der Waals surface area contributed by atoms with Gasteiger partial charge in [0.25, 0.3) is 0 Å². The molecule has 1 amide bonds. The number of nitrogens with zero attached hydrogens (tertiary/aromatic N) is 1. The van der Waals surface area contributed by atoms with E-state index in [2.05, 4.69) is 0 Å². The van der Waals surface area contributed by atoms with Crippen molar-refractivity contribution in [1.29, 1.82) is 0 Å². The molecule has 0 atom stereocenters. The fourth-order valence-electron chi connectivity index (χ4n) is 1.28. The monoisotopic (exact) mass is 205 g/mol. The van der Waals surface area contributed by atoms with Gasteiger partial charge in [0, 0.05) is 7.05 Å². The van der Waals surface area contributed by atoms with Crippen LogP contribution in [0.2, 0.25) is 0 Å². The zero-order valence-corrected chi connectivity index (χ0v) is 9.23. The predicted octanol–water partition coefficient (Wildman–Crippen LogP) is 2.23. The Balaban J connectivity index is 2.99. The molecule has 80 valence electrons. The molecule has 0 N–H and O–H groups in total. The zero-order valence-electron chi connectivity index (χ0n) is 9.23. The first-order valence-electron chi connectivity index (χ1n) is 4.74. The van der Waals surface area contributed by atoms with Gasteiger partial charge in [0.05, 0.1) is 12.8 Å². The molecule has 0 saturated carbocycles. The number of hydrogen-bond acceptors (Lipinski definition) is 2. The van der Waals surface area contributed by atoms with Crippen molar-refractivity contribution in [2.75, 3.05) is 19.1 Å². The summed E-state index contributed by atoms with van der Waals surface area (Å²) in [5.41, 5.74) is 0.767. The lowest BCUT2D eigenvalue weighted by atomic mass is 10.2. The lowest BCUT2D eigenvalue weighted by Gasteiger charge is -2.18. The maximum absolute atomic E-state index is 11.6. The number of methoxy groups -OCH3 is 1. The number of benzene rings is 1. The molecule has 0 bridgehead atoms. The van der Waals surface area contributed by atoms with Crippen LogP contribution in [0, 0.1) is 0 Å². The molecule has 0 fully saturated rings. The van der Waals surface area contributed by atoms with Gasteiger partial charge in [0.2, 0.25) is 5.91 Å². The van der Waals surface area contributed by atoms with Gasteiger partial charge in [-0.05, 0) is 25.1 Å². The molecule has 0 aromatic heterocycles. The fourth-order valence-corrected chi connectivity index (χ4v) is 1.28. The third kappa shape index (κ3) is 2.59. The third-order valence-electron chi connectivity index (χ3n) is 2.09. The molecule has 0 aliphatic heterocycles. The number of allylic oxidation sites excluding steroid dienone is 1.